The number of rotatable bonds is 19. The van der Waals surface area contributed by atoms with Crippen molar-refractivity contribution < 1.29 is 43.8 Å². The van der Waals surface area contributed by atoms with Crippen LogP contribution in [-0.2, 0) is 33.6 Å². The first-order valence-corrected chi connectivity index (χ1v) is 11.4. The third-order valence-corrected chi connectivity index (χ3v) is 4.92. The molecule has 0 rings (SSSR count). The summed E-state index contributed by atoms with van der Waals surface area (Å²) in [7, 11) is 0. The lowest BCUT2D eigenvalue weighted by Gasteiger charge is -2.24. The summed E-state index contributed by atoms with van der Waals surface area (Å²) in [5, 5.41) is 24.6. The molecule has 0 bridgehead atoms. The molecule has 38 heavy (non-hydrogen) atoms. The van der Waals surface area contributed by atoms with E-state index in [1.54, 1.807) is 0 Å². The van der Waals surface area contributed by atoms with E-state index in [1.807, 2.05) is 0 Å². The molecule has 0 fully saturated rings. The standard InChI is InChI=1S/C20H35N9O9/c21-9(2-1-7-26-20(24)25)16(34)29-12(8-14(23)31)18(36)27-10(3-5-13(22)30)17(35)28-11(19(37)38)4-6-15(32)33/h9-12H,1-8,21H2,(H2,22,30)(H2,23,31)(H,27,36)(H,28,35)(H,29,34)(H,32,33)(H,37,38)(H4,24,25,26). The van der Waals surface area contributed by atoms with Gasteiger partial charge in [-0.3, -0.25) is 33.8 Å². The molecule has 5 amide bonds. The summed E-state index contributed by atoms with van der Waals surface area (Å²) >= 11 is 0. The summed E-state index contributed by atoms with van der Waals surface area (Å²) in [6.45, 7) is 0.189. The number of aliphatic imine (C=N–C) groups is 1. The lowest BCUT2D eigenvalue weighted by atomic mass is 10.1. The van der Waals surface area contributed by atoms with E-state index in [1.165, 1.54) is 0 Å². The van der Waals surface area contributed by atoms with Gasteiger partial charge in [-0.1, -0.05) is 0 Å². The number of nitrogens with one attached hydrogen (secondary N) is 3. The second kappa shape index (κ2) is 17.1. The Morgan fingerprint density at radius 3 is 1.71 bits per heavy atom. The summed E-state index contributed by atoms with van der Waals surface area (Å²) in [6.07, 6.45) is -2.06. The van der Waals surface area contributed by atoms with Crippen molar-refractivity contribution in [2.24, 2.45) is 33.7 Å². The number of hydrogen-bond acceptors (Lipinski definition) is 9. The second-order valence-corrected chi connectivity index (χ2v) is 8.18. The van der Waals surface area contributed by atoms with Gasteiger partial charge in [-0.05, 0) is 25.7 Å². The Kier molecular flexibility index (Phi) is 15.0. The number of hydrogen-bond donors (Lipinski definition) is 10. The summed E-state index contributed by atoms with van der Waals surface area (Å²) in [5.74, 6) is -7.77. The Morgan fingerprint density at radius 2 is 1.21 bits per heavy atom. The van der Waals surface area contributed by atoms with Gasteiger partial charge in [0, 0.05) is 19.4 Å². The van der Waals surface area contributed by atoms with E-state index in [0.29, 0.717) is 6.42 Å². The van der Waals surface area contributed by atoms with Crippen molar-refractivity contribution in [1.82, 2.24) is 16.0 Å². The third kappa shape index (κ3) is 14.8. The molecule has 18 heteroatoms. The molecule has 4 atom stereocenters. The van der Waals surface area contributed by atoms with Gasteiger partial charge in [-0.15, -0.1) is 0 Å². The van der Waals surface area contributed by atoms with Crippen molar-refractivity contribution in [2.75, 3.05) is 6.54 Å². The van der Waals surface area contributed by atoms with Crippen molar-refractivity contribution in [3.8, 4) is 0 Å². The Balaban J connectivity index is 5.52. The summed E-state index contributed by atoms with van der Waals surface area (Å²) in [4.78, 5) is 86.6. The molecule has 15 N–H and O–H groups in total. The van der Waals surface area contributed by atoms with Gasteiger partial charge in [0.2, 0.25) is 29.5 Å². The number of carboxylic acids is 2. The molecular weight excluding hydrogens is 510 g/mol. The molecule has 0 spiro atoms. The summed E-state index contributed by atoms with van der Waals surface area (Å²) in [5.41, 5.74) is 26.5. The maximum Gasteiger partial charge on any atom is 0.326 e. The van der Waals surface area contributed by atoms with E-state index >= 15 is 0 Å². The highest BCUT2D eigenvalue weighted by Gasteiger charge is 2.31. The monoisotopic (exact) mass is 545 g/mol. The van der Waals surface area contributed by atoms with E-state index in [2.05, 4.69) is 20.9 Å². The fourth-order valence-electron chi connectivity index (χ4n) is 2.96. The van der Waals surface area contributed by atoms with Crippen LogP contribution in [0.3, 0.4) is 0 Å². The van der Waals surface area contributed by atoms with Gasteiger partial charge in [0.05, 0.1) is 12.5 Å². The third-order valence-electron chi connectivity index (χ3n) is 4.92. The van der Waals surface area contributed by atoms with Gasteiger partial charge in [-0.2, -0.15) is 0 Å². The number of guanidine groups is 1. The van der Waals surface area contributed by atoms with E-state index in [-0.39, 0.29) is 25.3 Å². The minimum atomic E-state index is -1.62. The first-order valence-electron chi connectivity index (χ1n) is 11.4. The second-order valence-electron chi connectivity index (χ2n) is 8.18. The molecule has 0 aliphatic carbocycles. The van der Waals surface area contributed by atoms with Crippen LogP contribution in [0.4, 0.5) is 0 Å². The predicted molar refractivity (Wildman–Crippen MR) is 130 cm³/mol. The first-order chi connectivity index (χ1) is 17.6. The van der Waals surface area contributed by atoms with Crippen LogP contribution in [0.25, 0.3) is 0 Å². The molecule has 4 unspecified atom stereocenters. The smallest absolute Gasteiger partial charge is 0.326 e. The van der Waals surface area contributed by atoms with Crippen molar-refractivity contribution in [3.05, 3.63) is 0 Å². The predicted octanol–water partition coefficient (Wildman–Crippen LogP) is -5.09. The zero-order chi connectivity index (χ0) is 29.4. The Bertz CT molecular complexity index is 922. The molecule has 0 aromatic heterocycles. The summed E-state index contributed by atoms with van der Waals surface area (Å²) in [6, 6.07) is -5.85. The van der Waals surface area contributed by atoms with E-state index in [4.69, 9.17) is 33.8 Å². The molecule has 214 valence electrons. The van der Waals surface area contributed by atoms with Gasteiger partial charge in [0.25, 0.3) is 0 Å². The Morgan fingerprint density at radius 1 is 0.684 bits per heavy atom. The zero-order valence-electron chi connectivity index (χ0n) is 20.6. The normalized spacial score (nSPS) is 13.6. The van der Waals surface area contributed by atoms with E-state index in [9.17, 15) is 38.7 Å². The number of carboxylic acid groups (broad SMARTS) is 2. The topological polar surface area (TPSA) is 338 Å². The number of primary amides is 2. The SMILES string of the molecule is NC(=O)CCC(NC(=O)C(CC(N)=O)NC(=O)C(N)CCCN=C(N)N)C(=O)NC(CCC(=O)O)C(=O)O. The number of carbonyl (C=O) groups excluding carboxylic acids is 5. The number of aliphatic carboxylic acids is 2. The minimum Gasteiger partial charge on any atom is -0.481 e. The Labute approximate surface area is 217 Å². The quantitative estimate of drug-likeness (QED) is 0.0414. The molecule has 0 aromatic carbocycles. The fraction of sp³-hybridized carbons (Fsp3) is 0.600. The minimum absolute atomic E-state index is 0.115. The lowest BCUT2D eigenvalue weighted by molar-refractivity contribution is -0.143. The number of amides is 5. The highest BCUT2D eigenvalue weighted by Crippen LogP contribution is 2.05. The van der Waals surface area contributed by atoms with Crippen LogP contribution in [-0.4, -0.2) is 88.4 Å². The molecule has 0 saturated carbocycles. The molecule has 0 aliphatic rings. The van der Waals surface area contributed by atoms with E-state index < -0.39 is 91.3 Å². The highest BCUT2D eigenvalue weighted by atomic mass is 16.4. The van der Waals surface area contributed by atoms with Crippen LogP contribution >= 0.6 is 0 Å². The van der Waals surface area contributed by atoms with Crippen LogP contribution in [0.2, 0.25) is 0 Å². The van der Waals surface area contributed by atoms with Gasteiger partial charge >= 0.3 is 11.9 Å². The molecule has 0 saturated heterocycles. The number of nitrogens with zero attached hydrogens (tertiary/aromatic N) is 1. The van der Waals surface area contributed by atoms with Crippen LogP contribution in [0.15, 0.2) is 4.99 Å². The largest absolute Gasteiger partial charge is 0.481 e. The van der Waals surface area contributed by atoms with Crippen molar-refractivity contribution in [2.45, 2.75) is 69.1 Å². The van der Waals surface area contributed by atoms with Crippen LogP contribution in [0, 0.1) is 0 Å². The molecule has 0 aromatic rings. The van der Waals surface area contributed by atoms with Gasteiger partial charge < -0.3 is 54.8 Å². The molecular formula is C20H35N9O9. The highest BCUT2D eigenvalue weighted by molar-refractivity contribution is 5.96. The number of nitrogens with two attached hydrogens (primary N) is 5. The summed E-state index contributed by atoms with van der Waals surface area (Å²) < 4.78 is 0. The average molecular weight is 546 g/mol. The number of carbonyl (C=O) groups is 7. The van der Waals surface area contributed by atoms with Crippen molar-refractivity contribution in [3.63, 3.8) is 0 Å². The van der Waals surface area contributed by atoms with Crippen LogP contribution in [0.1, 0.15) is 44.9 Å². The lowest BCUT2D eigenvalue weighted by Crippen LogP contribution is -2.57. The molecule has 0 radical (unpaired) electrons. The van der Waals surface area contributed by atoms with Crippen LogP contribution in [0.5, 0.6) is 0 Å². The fourth-order valence-corrected chi connectivity index (χ4v) is 2.96. The van der Waals surface area contributed by atoms with Gasteiger partial charge in [0.1, 0.15) is 18.1 Å². The Hall–Kier alpha value is -4.48. The van der Waals surface area contributed by atoms with Crippen molar-refractivity contribution in [1.29, 1.82) is 0 Å². The first kappa shape index (κ1) is 33.5. The zero-order valence-corrected chi connectivity index (χ0v) is 20.6. The van der Waals surface area contributed by atoms with Gasteiger partial charge in [-0.25, -0.2) is 4.79 Å². The maximum atomic E-state index is 12.9. The van der Waals surface area contributed by atoms with Gasteiger partial charge in [0.15, 0.2) is 5.96 Å². The van der Waals surface area contributed by atoms with Crippen LogP contribution < -0.4 is 44.6 Å². The molecule has 0 aliphatic heterocycles. The van der Waals surface area contributed by atoms with E-state index in [0.717, 1.165) is 0 Å². The maximum absolute atomic E-state index is 12.9. The molecule has 0 heterocycles. The average Bonchev–Trinajstić information content (AvgIpc) is 2.80. The van der Waals surface area contributed by atoms with Crippen molar-refractivity contribution >= 4 is 47.4 Å². The molecule has 18 nitrogen and oxygen atoms in total.